The van der Waals surface area contributed by atoms with Crippen LogP contribution in [-0.2, 0) is 0 Å². The maximum Gasteiger partial charge on any atom is 0.321 e. The third kappa shape index (κ3) is 6.21. The van der Waals surface area contributed by atoms with Crippen LogP contribution >= 0.6 is 11.6 Å². The summed E-state index contributed by atoms with van der Waals surface area (Å²) in [5.74, 6) is 0.149. The number of carbonyl (C=O) groups is 2. The highest BCUT2D eigenvalue weighted by Gasteiger charge is 2.25. The number of nitrogens with one attached hydrogen (secondary N) is 2. The minimum absolute atomic E-state index is 0.0631. The molecule has 3 rings (SSSR count). The Hall–Kier alpha value is -2.57. The van der Waals surface area contributed by atoms with Gasteiger partial charge in [0, 0.05) is 48.4 Å². The van der Waals surface area contributed by atoms with Crippen molar-refractivity contribution in [3.8, 4) is 0 Å². The van der Waals surface area contributed by atoms with Crippen LogP contribution in [0.1, 0.15) is 34.7 Å². The quantitative estimate of drug-likeness (QED) is 0.729. The normalized spacial score (nSPS) is 16.4. The Morgan fingerprint density at radius 2 is 1.93 bits per heavy atom. The van der Waals surface area contributed by atoms with E-state index in [0.29, 0.717) is 23.7 Å². The molecule has 30 heavy (non-hydrogen) atoms. The molecule has 1 fully saturated rings. The van der Waals surface area contributed by atoms with Crippen LogP contribution in [0.3, 0.4) is 0 Å². The Morgan fingerprint density at radius 3 is 2.67 bits per heavy atom. The first-order valence-corrected chi connectivity index (χ1v) is 10.6. The second kappa shape index (κ2) is 10.5. The van der Waals surface area contributed by atoms with Gasteiger partial charge < -0.3 is 20.4 Å². The number of piperidine rings is 1. The molecular formula is C23H29ClN4O2. The van der Waals surface area contributed by atoms with Gasteiger partial charge >= 0.3 is 6.03 Å². The highest BCUT2D eigenvalue weighted by molar-refractivity contribution is 6.30. The van der Waals surface area contributed by atoms with E-state index < -0.39 is 0 Å². The highest BCUT2D eigenvalue weighted by atomic mass is 35.5. The predicted molar refractivity (Wildman–Crippen MR) is 121 cm³/mol. The lowest BCUT2D eigenvalue weighted by Crippen LogP contribution is -2.41. The number of hydrogen-bond donors (Lipinski definition) is 2. The second-order valence-corrected chi connectivity index (χ2v) is 8.34. The predicted octanol–water partition coefficient (Wildman–Crippen LogP) is 4.04. The maximum atomic E-state index is 12.7. The van der Waals surface area contributed by atoms with Gasteiger partial charge in [0.05, 0.1) is 0 Å². The summed E-state index contributed by atoms with van der Waals surface area (Å²) in [5, 5.41) is 6.52. The van der Waals surface area contributed by atoms with Crippen molar-refractivity contribution in [2.45, 2.75) is 18.8 Å². The number of benzene rings is 2. The maximum absolute atomic E-state index is 12.7. The lowest BCUT2D eigenvalue weighted by atomic mass is 9.89. The number of rotatable bonds is 6. The van der Waals surface area contributed by atoms with E-state index in [0.717, 1.165) is 37.2 Å². The number of amides is 3. The number of anilines is 1. The molecule has 6 nitrogen and oxygen atoms in total. The number of nitrogens with zero attached hydrogens (tertiary/aromatic N) is 2. The molecule has 3 amide bonds. The van der Waals surface area contributed by atoms with Gasteiger partial charge in [-0.3, -0.25) is 4.79 Å². The van der Waals surface area contributed by atoms with Gasteiger partial charge in [0.1, 0.15) is 0 Å². The molecule has 1 heterocycles. The van der Waals surface area contributed by atoms with Gasteiger partial charge in [-0.05, 0) is 68.9 Å². The summed E-state index contributed by atoms with van der Waals surface area (Å²) < 4.78 is 0. The van der Waals surface area contributed by atoms with Crippen LogP contribution < -0.4 is 10.6 Å². The van der Waals surface area contributed by atoms with Crippen LogP contribution in [0.4, 0.5) is 10.5 Å². The fourth-order valence-corrected chi connectivity index (χ4v) is 3.72. The van der Waals surface area contributed by atoms with Gasteiger partial charge in [0.2, 0.25) is 0 Å². The van der Waals surface area contributed by atoms with Gasteiger partial charge in [-0.1, -0.05) is 23.7 Å². The zero-order chi connectivity index (χ0) is 21.5. The van der Waals surface area contributed by atoms with Gasteiger partial charge in [-0.2, -0.15) is 0 Å². The van der Waals surface area contributed by atoms with Crippen LogP contribution in [0.15, 0.2) is 48.5 Å². The zero-order valence-corrected chi connectivity index (χ0v) is 18.3. The van der Waals surface area contributed by atoms with E-state index in [1.165, 1.54) is 0 Å². The van der Waals surface area contributed by atoms with E-state index in [2.05, 4.69) is 10.6 Å². The summed E-state index contributed by atoms with van der Waals surface area (Å²) in [6.45, 7) is 2.76. The fourth-order valence-electron chi connectivity index (χ4n) is 3.60. The lowest BCUT2D eigenvalue weighted by molar-refractivity contribution is 0.0950. The van der Waals surface area contributed by atoms with Gasteiger partial charge in [-0.25, -0.2) is 4.79 Å². The van der Waals surface area contributed by atoms with Gasteiger partial charge in [-0.15, -0.1) is 0 Å². The van der Waals surface area contributed by atoms with Crippen molar-refractivity contribution < 1.29 is 9.59 Å². The number of likely N-dealkylation sites (N-methyl/N-ethyl adjacent to an activating group) is 1. The summed E-state index contributed by atoms with van der Waals surface area (Å²) >= 11 is 5.91. The van der Waals surface area contributed by atoms with Crippen molar-refractivity contribution >= 4 is 29.2 Å². The Bertz CT molecular complexity index is 870. The standard InChI is InChI=1S/C23H29ClN4O2/c1-27(2)14-12-25-22(29)18-6-3-5-17(15-18)19-7-4-13-28(16-19)23(30)26-21-10-8-20(24)9-11-21/h3,5-6,8-11,15,19H,4,7,12-14,16H2,1-2H3,(H,25,29)(H,26,30)/t19-/m1/s1. The summed E-state index contributed by atoms with van der Waals surface area (Å²) in [5.41, 5.74) is 2.48. The monoisotopic (exact) mass is 428 g/mol. The number of carbonyl (C=O) groups excluding carboxylic acids is 2. The van der Waals surface area contributed by atoms with Crippen LogP contribution in [0.2, 0.25) is 5.02 Å². The average molecular weight is 429 g/mol. The molecule has 2 N–H and O–H groups in total. The van der Waals surface area contributed by atoms with Crippen LogP contribution in [0.25, 0.3) is 0 Å². The Labute approximate surface area is 183 Å². The molecule has 1 aliphatic rings. The molecule has 1 saturated heterocycles. The first-order chi connectivity index (χ1) is 14.4. The molecule has 0 unspecified atom stereocenters. The van der Waals surface area contributed by atoms with Crippen LogP contribution in [0.5, 0.6) is 0 Å². The molecule has 0 radical (unpaired) electrons. The summed E-state index contributed by atoms with van der Waals surface area (Å²) in [4.78, 5) is 29.0. The minimum atomic E-state index is -0.111. The molecular weight excluding hydrogens is 400 g/mol. The van der Waals surface area contributed by atoms with Crippen molar-refractivity contribution in [1.82, 2.24) is 15.1 Å². The third-order valence-electron chi connectivity index (χ3n) is 5.27. The molecule has 0 aromatic heterocycles. The second-order valence-electron chi connectivity index (χ2n) is 7.91. The molecule has 1 aliphatic heterocycles. The first kappa shape index (κ1) is 22.1. The van der Waals surface area contributed by atoms with E-state index in [1.54, 1.807) is 24.3 Å². The highest BCUT2D eigenvalue weighted by Crippen LogP contribution is 2.28. The number of hydrogen-bond acceptors (Lipinski definition) is 3. The smallest absolute Gasteiger partial charge is 0.321 e. The SMILES string of the molecule is CN(C)CCNC(=O)c1cccc([C@@H]2CCCN(C(=O)Nc3ccc(Cl)cc3)C2)c1. The van der Waals surface area contributed by atoms with E-state index in [4.69, 9.17) is 11.6 Å². The topological polar surface area (TPSA) is 64.7 Å². The molecule has 0 aliphatic carbocycles. The molecule has 0 bridgehead atoms. The largest absolute Gasteiger partial charge is 0.351 e. The van der Waals surface area contributed by atoms with Crippen molar-refractivity contribution in [3.05, 3.63) is 64.7 Å². The number of likely N-dealkylation sites (tertiary alicyclic amines) is 1. The molecule has 1 atom stereocenters. The third-order valence-corrected chi connectivity index (χ3v) is 5.52. The molecule has 0 spiro atoms. The van der Waals surface area contributed by atoms with Gasteiger partial charge in [0.25, 0.3) is 5.91 Å². The van der Waals surface area contributed by atoms with E-state index in [-0.39, 0.29) is 17.9 Å². The van der Waals surface area contributed by atoms with E-state index in [1.807, 2.05) is 48.2 Å². The summed E-state index contributed by atoms with van der Waals surface area (Å²) in [7, 11) is 3.95. The van der Waals surface area contributed by atoms with Crippen LogP contribution in [0, 0.1) is 0 Å². The van der Waals surface area contributed by atoms with E-state index in [9.17, 15) is 9.59 Å². The zero-order valence-electron chi connectivity index (χ0n) is 17.5. The fraction of sp³-hybridized carbons (Fsp3) is 0.391. The van der Waals surface area contributed by atoms with Crippen LogP contribution in [-0.4, -0.2) is 62.0 Å². The van der Waals surface area contributed by atoms with Crippen molar-refractivity contribution in [2.24, 2.45) is 0 Å². The molecule has 0 saturated carbocycles. The Balaban J connectivity index is 1.61. The minimum Gasteiger partial charge on any atom is -0.351 e. The number of halogens is 1. The number of urea groups is 1. The van der Waals surface area contributed by atoms with Gasteiger partial charge in [0.15, 0.2) is 0 Å². The molecule has 2 aromatic rings. The summed E-state index contributed by atoms with van der Waals surface area (Å²) in [6, 6.07) is 14.7. The Kier molecular flexibility index (Phi) is 7.71. The average Bonchev–Trinajstić information content (AvgIpc) is 2.75. The molecule has 160 valence electrons. The Morgan fingerprint density at radius 1 is 1.17 bits per heavy atom. The van der Waals surface area contributed by atoms with E-state index >= 15 is 0 Å². The van der Waals surface area contributed by atoms with Crippen molar-refractivity contribution in [3.63, 3.8) is 0 Å². The van der Waals surface area contributed by atoms with Crippen molar-refractivity contribution in [1.29, 1.82) is 0 Å². The molecule has 2 aromatic carbocycles. The summed E-state index contributed by atoms with van der Waals surface area (Å²) in [6.07, 6.45) is 1.92. The lowest BCUT2D eigenvalue weighted by Gasteiger charge is -2.33. The first-order valence-electron chi connectivity index (χ1n) is 10.3. The molecule has 7 heteroatoms. The van der Waals surface area contributed by atoms with Crippen molar-refractivity contribution in [2.75, 3.05) is 45.6 Å².